The molecule has 3 rings (SSSR count). The number of aliphatic hydroxyl groups is 4. The highest BCUT2D eigenvalue weighted by Gasteiger charge is 2.44. The molecule has 5 atom stereocenters. The van der Waals surface area contributed by atoms with Crippen LogP contribution in [-0.2, 0) is 4.74 Å². The van der Waals surface area contributed by atoms with Crippen LogP contribution in [0, 0.1) is 0 Å². The van der Waals surface area contributed by atoms with Gasteiger partial charge in [0, 0.05) is 6.07 Å². The van der Waals surface area contributed by atoms with Gasteiger partial charge in [0.1, 0.15) is 35.9 Å². The van der Waals surface area contributed by atoms with Gasteiger partial charge in [-0.1, -0.05) is 6.07 Å². The Labute approximate surface area is 169 Å². The van der Waals surface area contributed by atoms with Crippen molar-refractivity contribution >= 4 is 22.9 Å². The first-order valence-corrected chi connectivity index (χ1v) is 9.60. The Morgan fingerprint density at radius 3 is 2.45 bits per heavy atom. The second-order valence-corrected chi connectivity index (χ2v) is 7.44. The number of aliphatic hydroxyl groups excluding tert-OH is 4. The molecule has 1 aliphatic heterocycles. The van der Waals surface area contributed by atoms with E-state index in [1.54, 1.807) is 17.5 Å². The number of carbonyl (C=O) groups is 2. The third kappa shape index (κ3) is 4.64. The smallest absolute Gasteiger partial charge is 0.229 e. The maximum atomic E-state index is 12.3. The maximum absolute atomic E-state index is 12.3. The lowest BCUT2D eigenvalue weighted by Gasteiger charge is -2.39. The molecule has 1 saturated heterocycles. The van der Waals surface area contributed by atoms with Gasteiger partial charge in [-0.15, -0.1) is 11.3 Å². The molecule has 29 heavy (non-hydrogen) atoms. The van der Waals surface area contributed by atoms with E-state index in [9.17, 15) is 35.1 Å². The molecule has 0 bridgehead atoms. The number of rotatable bonds is 7. The van der Waals surface area contributed by atoms with Crippen LogP contribution in [0.25, 0.3) is 0 Å². The lowest BCUT2D eigenvalue weighted by Crippen LogP contribution is -2.60. The molecular weight excluding hydrogens is 404 g/mol. The SMILES string of the molecule is O=C(CC(=O)c1ccc(O[C@@H]2O[C@H](CO)[C@@H](O)[C@H](O)[C@H]2O)cc1O)c1cccs1. The first-order valence-electron chi connectivity index (χ1n) is 8.72. The Balaban J connectivity index is 1.69. The van der Waals surface area contributed by atoms with Gasteiger partial charge in [-0.25, -0.2) is 0 Å². The quantitative estimate of drug-likeness (QED) is 0.307. The van der Waals surface area contributed by atoms with E-state index in [4.69, 9.17) is 9.47 Å². The number of ketones is 2. The second-order valence-electron chi connectivity index (χ2n) is 6.49. The zero-order valence-corrected chi connectivity index (χ0v) is 15.9. The highest BCUT2D eigenvalue weighted by Crippen LogP contribution is 2.29. The first-order chi connectivity index (χ1) is 13.8. The van der Waals surface area contributed by atoms with E-state index in [0.717, 1.165) is 6.07 Å². The highest BCUT2D eigenvalue weighted by molar-refractivity contribution is 7.12. The van der Waals surface area contributed by atoms with Gasteiger partial charge in [0.05, 0.1) is 23.5 Å². The van der Waals surface area contributed by atoms with Gasteiger partial charge in [0.15, 0.2) is 11.6 Å². The van der Waals surface area contributed by atoms with Crippen molar-refractivity contribution in [1.82, 2.24) is 0 Å². The summed E-state index contributed by atoms with van der Waals surface area (Å²) in [6.45, 7) is -0.609. The van der Waals surface area contributed by atoms with E-state index in [1.165, 1.54) is 23.5 Å². The predicted molar refractivity (Wildman–Crippen MR) is 100 cm³/mol. The molecule has 0 aliphatic carbocycles. The van der Waals surface area contributed by atoms with Crippen LogP contribution in [-0.4, -0.2) is 74.4 Å². The molecule has 1 aromatic carbocycles. The van der Waals surface area contributed by atoms with Crippen molar-refractivity contribution in [2.45, 2.75) is 37.1 Å². The fraction of sp³-hybridized carbons (Fsp3) is 0.368. The third-order valence-corrected chi connectivity index (χ3v) is 5.40. The molecule has 0 spiro atoms. The minimum atomic E-state index is -1.61. The number of Topliss-reactive ketones (excluding diaryl/α,β-unsaturated/α-hetero) is 2. The normalized spacial score (nSPS) is 26.8. The standard InChI is InChI=1S/C19H20O9S/c20-8-14-16(24)17(25)18(26)19(28-14)27-9-3-4-10(11(21)6-9)12(22)7-13(23)15-2-1-5-29-15/h1-6,14,16-21,24-26H,7-8H2/t14-,16-,17+,18-,19-/m1/s1. The zero-order valence-electron chi connectivity index (χ0n) is 15.0. The van der Waals surface area contributed by atoms with E-state index in [2.05, 4.69) is 0 Å². The lowest BCUT2D eigenvalue weighted by atomic mass is 9.99. The summed E-state index contributed by atoms with van der Waals surface area (Å²) in [6, 6.07) is 7.00. The molecule has 0 unspecified atom stereocenters. The van der Waals surface area contributed by atoms with Crippen LogP contribution in [0.1, 0.15) is 26.5 Å². The van der Waals surface area contributed by atoms with E-state index < -0.39 is 55.3 Å². The Morgan fingerprint density at radius 1 is 1.07 bits per heavy atom. The predicted octanol–water partition coefficient (Wildman–Crippen LogP) is 0.0881. The molecule has 0 saturated carbocycles. The lowest BCUT2D eigenvalue weighted by molar-refractivity contribution is -0.277. The summed E-state index contributed by atoms with van der Waals surface area (Å²) in [5.41, 5.74) is -0.0731. The van der Waals surface area contributed by atoms with Crippen LogP contribution >= 0.6 is 11.3 Å². The summed E-state index contributed by atoms with van der Waals surface area (Å²) in [7, 11) is 0. The molecule has 2 heterocycles. The first kappa shape index (κ1) is 21.4. The molecule has 0 radical (unpaired) electrons. The molecule has 156 valence electrons. The number of hydrogen-bond acceptors (Lipinski definition) is 10. The van der Waals surface area contributed by atoms with E-state index >= 15 is 0 Å². The molecule has 10 heteroatoms. The topological polar surface area (TPSA) is 154 Å². The van der Waals surface area contributed by atoms with E-state index in [-0.39, 0.29) is 17.1 Å². The Morgan fingerprint density at radius 2 is 1.83 bits per heavy atom. The van der Waals surface area contributed by atoms with Crippen molar-refractivity contribution in [1.29, 1.82) is 0 Å². The summed E-state index contributed by atoms with van der Waals surface area (Å²) in [5, 5.41) is 50.6. The number of phenolic OH excluding ortho intramolecular Hbond substituents is 1. The summed E-state index contributed by atoms with van der Waals surface area (Å²) in [5.74, 6) is -1.35. The van der Waals surface area contributed by atoms with Crippen molar-refractivity contribution in [3.63, 3.8) is 0 Å². The molecule has 1 aliphatic rings. The fourth-order valence-electron chi connectivity index (χ4n) is 2.88. The average molecular weight is 424 g/mol. The van der Waals surface area contributed by atoms with E-state index in [1.807, 2.05) is 0 Å². The van der Waals surface area contributed by atoms with Crippen LogP contribution in [0.4, 0.5) is 0 Å². The molecule has 1 fully saturated rings. The van der Waals surface area contributed by atoms with Crippen molar-refractivity contribution in [2.24, 2.45) is 0 Å². The van der Waals surface area contributed by atoms with Gasteiger partial charge in [-0.2, -0.15) is 0 Å². The average Bonchev–Trinajstić information content (AvgIpc) is 3.23. The molecule has 1 aromatic heterocycles. The van der Waals surface area contributed by atoms with Gasteiger partial charge >= 0.3 is 0 Å². The Kier molecular flexibility index (Phi) is 6.63. The van der Waals surface area contributed by atoms with Crippen LogP contribution in [0.5, 0.6) is 11.5 Å². The minimum Gasteiger partial charge on any atom is -0.507 e. The summed E-state index contributed by atoms with van der Waals surface area (Å²) in [4.78, 5) is 24.8. The summed E-state index contributed by atoms with van der Waals surface area (Å²) >= 11 is 1.22. The zero-order chi connectivity index (χ0) is 21.1. The number of hydrogen-bond donors (Lipinski definition) is 5. The largest absolute Gasteiger partial charge is 0.507 e. The number of thiophene rings is 1. The van der Waals surface area contributed by atoms with Crippen LogP contribution in [0.15, 0.2) is 35.7 Å². The Hall–Kier alpha value is -2.34. The van der Waals surface area contributed by atoms with Gasteiger partial charge < -0.3 is 35.0 Å². The van der Waals surface area contributed by atoms with Gasteiger partial charge in [0.25, 0.3) is 0 Å². The Bertz CT molecular complexity index is 865. The monoisotopic (exact) mass is 424 g/mol. The number of carbonyl (C=O) groups excluding carboxylic acids is 2. The van der Waals surface area contributed by atoms with E-state index in [0.29, 0.717) is 4.88 Å². The van der Waals surface area contributed by atoms with Crippen molar-refractivity contribution in [3.8, 4) is 11.5 Å². The summed E-state index contributed by atoms with van der Waals surface area (Å²) < 4.78 is 10.6. The molecular formula is C19H20O9S. The van der Waals surface area contributed by atoms with Gasteiger partial charge in [0.2, 0.25) is 6.29 Å². The third-order valence-electron chi connectivity index (χ3n) is 4.49. The molecule has 5 N–H and O–H groups in total. The molecule has 9 nitrogen and oxygen atoms in total. The van der Waals surface area contributed by atoms with Gasteiger partial charge in [-0.3, -0.25) is 9.59 Å². The van der Waals surface area contributed by atoms with Gasteiger partial charge in [-0.05, 0) is 23.6 Å². The van der Waals surface area contributed by atoms with Crippen LogP contribution in [0.3, 0.4) is 0 Å². The van der Waals surface area contributed by atoms with Crippen molar-refractivity contribution < 1.29 is 44.6 Å². The number of ether oxygens (including phenoxy) is 2. The molecule has 2 aromatic rings. The summed E-state index contributed by atoms with van der Waals surface area (Å²) in [6.07, 6.45) is -7.71. The van der Waals surface area contributed by atoms with Crippen LogP contribution in [0.2, 0.25) is 0 Å². The van der Waals surface area contributed by atoms with Crippen molar-refractivity contribution in [3.05, 3.63) is 46.2 Å². The van der Waals surface area contributed by atoms with Crippen LogP contribution < -0.4 is 4.74 Å². The maximum Gasteiger partial charge on any atom is 0.229 e. The van der Waals surface area contributed by atoms with Crippen molar-refractivity contribution in [2.75, 3.05) is 6.61 Å². The fourth-order valence-corrected chi connectivity index (χ4v) is 3.55. The number of benzene rings is 1. The molecule has 0 amide bonds. The number of aromatic hydroxyl groups is 1. The second kappa shape index (κ2) is 8.99. The minimum absolute atomic E-state index is 0.00737. The highest BCUT2D eigenvalue weighted by atomic mass is 32.1. The number of phenols is 1.